The van der Waals surface area contributed by atoms with Crippen molar-refractivity contribution in [2.45, 2.75) is 6.04 Å². The Bertz CT molecular complexity index is 603. The molecule has 1 aromatic rings. The van der Waals surface area contributed by atoms with E-state index in [1.54, 1.807) is 0 Å². The number of nitrogens with one attached hydrogen (secondary N) is 2. The second-order valence-corrected chi connectivity index (χ2v) is 3.70. The Balaban J connectivity index is 2.12. The summed E-state index contributed by atoms with van der Waals surface area (Å²) in [5.74, 6) is -1.77. The van der Waals surface area contributed by atoms with Crippen molar-refractivity contribution in [1.29, 1.82) is 0 Å². The summed E-state index contributed by atoms with van der Waals surface area (Å²) in [6, 6.07) is 2.65. The molecule has 1 saturated heterocycles. The van der Waals surface area contributed by atoms with Crippen LogP contribution >= 0.6 is 0 Å². The van der Waals surface area contributed by atoms with Gasteiger partial charge in [0.25, 0.3) is 17.5 Å². The lowest BCUT2D eigenvalue weighted by Gasteiger charge is -2.15. The molecule has 1 heterocycles. The molecule has 1 aliphatic heterocycles. The third-order valence-corrected chi connectivity index (χ3v) is 2.32. The van der Waals surface area contributed by atoms with Crippen LogP contribution in [-0.2, 0) is 9.59 Å². The molecular weight excluding hydrogens is 270 g/mol. The van der Waals surface area contributed by atoms with Crippen LogP contribution in [0.25, 0.3) is 0 Å². The fourth-order valence-corrected chi connectivity index (χ4v) is 1.38. The smallest absolute Gasteiger partial charge is 0.275 e. The average Bonchev–Trinajstić information content (AvgIpc) is 2.38. The highest BCUT2D eigenvalue weighted by Gasteiger charge is 2.34. The zero-order valence-electron chi connectivity index (χ0n) is 9.77. The topological polar surface area (TPSA) is 143 Å². The maximum atomic E-state index is 11.3. The van der Waals surface area contributed by atoms with Gasteiger partial charge in [-0.3, -0.25) is 30.3 Å². The molecule has 0 spiro atoms. The summed E-state index contributed by atoms with van der Waals surface area (Å²) in [5, 5.41) is 21.3. The Kier molecular flexibility index (Phi) is 3.46. The van der Waals surface area contributed by atoms with Gasteiger partial charge in [-0.2, -0.15) is 10.2 Å². The summed E-state index contributed by atoms with van der Waals surface area (Å²) in [6.45, 7) is 0. The van der Waals surface area contributed by atoms with Gasteiger partial charge in [-0.25, -0.2) is 4.79 Å². The van der Waals surface area contributed by atoms with E-state index in [1.807, 2.05) is 10.6 Å². The minimum Gasteiger partial charge on any atom is -0.275 e. The number of nitro groups is 1. The summed E-state index contributed by atoms with van der Waals surface area (Å²) < 4.78 is 0. The lowest BCUT2D eigenvalue weighted by atomic mass is 10.2. The van der Waals surface area contributed by atoms with E-state index in [0.29, 0.717) is 0 Å². The van der Waals surface area contributed by atoms with Gasteiger partial charge in [0.15, 0.2) is 0 Å². The first-order valence-corrected chi connectivity index (χ1v) is 5.28. The molecule has 1 aromatic carbocycles. The van der Waals surface area contributed by atoms with Gasteiger partial charge in [-0.05, 0) is 12.1 Å². The molecule has 1 fully saturated rings. The molecule has 1 aliphatic rings. The number of benzene rings is 1. The lowest BCUT2D eigenvalue weighted by molar-refractivity contribution is -0.384. The van der Waals surface area contributed by atoms with Crippen LogP contribution < -0.4 is 10.6 Å². The van der Waals surface area contributed by atoms with Crippen molar-refractivity contribution in [3.05, 3.63) is 34.4 Å². The molecular formula is C10H7N5O5. The molecule has 0 aromatic heterocycles. The maximum absolute atomic E-state index is 11.3. The number of hydrogen-bond donors (Lipinski definition) is 2. The average molecular weight is 277 g/mol. The summed E-state index contributed by atoms with van der Waals surface area (Å²) in [4.78, 5) is 43.4. The molecule has 0 atom stereocenters. The van der Waals surface area contributed by atoms with Crippen molar-refractivity contribution in [3.63, 3.8) is 0 Å². The van der Waals surface area contributed by atoms with E-state index < -0.39 is 28.8 Å². The number of hydrogen-bond acceptors (Lipinski definition) is 7. The molecule has 20 heavy (non-hydrogen) atoms. The number of amides is 4. The highest BCUT2D eigenvalue weighted by atomic mass is 16.6. The van der Waals surface area contributed by atoms with Crippen LogP contribution in [0.5, 0.6) is 0 Å². The van der Waals surface area contributed by atoms with Crippen molar-refractivity contribution >= 4 is 29.2 Å². The van der Waals surface area contributed by atoms with Crippen molar-refractivity contribution in [2.75, 3.05) is 0 Å². The van der Waals surface area contributed by atoms with Crippen LogP contribution in [0.2, 0.25) is 0 Å². The Labute approximate surface area is 111 Å². The van der Waals surface area contributed by atoms with Gasteiger partial charge >= 0.3 is 6.03 Å². The van der Waals surface area contributed by atoms with E-state index in [1.165, 1.54) is 24.3 Å². The van der Waals surface area contributed by atoms with E-state index in [4.69, 9.17) is 0 Å². The number of urea groups is 1. The standard InChI is InChI=1S/C10H7N5O5/c16-8-7(9(17)12-10(18)11-8)14-13-5-1-3-6(4-2-5)15(19)20/h1-4,7H,(H2,11,12,16,17,18). The number of carbonyl (C=O) groups is 3. The van der Waals surface area contributed by atoms with Gasteiger partial charge in [-0.15, -0.1) is 0 Å². The quantitative estimate of drug-likeness (QED) is 0.356. The van der Waals surface area contributed by atoms with Gasteiger partial charge in [0.05, 0.1) is 10.6 Å². The maximum Gasteiger partial charge on any atom is 0.328 e. The molecule has 10 heteroatoms. The third-order valence-electron chi connectivity index (χ3n) is 2.32. The molecule has 0 bridgehead atoms. The van der Waals surface area contributed by atoms with Gasteiger partial charge in [0.2, 0.25) is 6.04 Å². The molecule has 0 aliphatic carbocycles. The first-order valence-electron chi connectivity index (χ1n) is 5.28. The van der Waals surface area contributed by atoms with Gasteiger partial charge in [-0.1, -0.05) is 0 Å². The molecule has 10 nitrogen and oxygen atoms in total. The van der Waals surface area contributed by atoms with Crippen LogP contribution in [-0.4, -0.2) is 28.8 Å². The molecule has 0 unspecified atom stereocenters. The Morgan fingerprint density at radius 3 is 2.10 bits per heavy atom. The zero-order valence-corrected chi connectivity index (χ0v) is 9.77. The number of nitro benzene ring substituents is 1. The Hall–Kier alpha value is -3.17. The number of non-ortho nitro benzene ring substituents is 1. The number of imide groups is 2. The summed E-state index contributed by atoms with van der Waals surface area (Å²) in [7, 11) is 0. The number of azo groups is 1. The number of rotatable bonds is 3. The van der Waals surface area contributed by atoms with E-state index in [-0.39, 0.29) is 11.4 Å². The van der Waals surface area contributed by atoms with Gasteiger partial charge < -0.3 is 0 Å². The first-order chi connectivity index (χ1) is 9.47. The molecule has 0 saturated carbocycles. The number of carbonyl (C=O) groups excluding carboxylic acids is 3. The van der Waals surface area contributed by atoms with E-state index in [2.05, 4.69) is 10.2 Å². The monoisotopic (exact) mass is 277 g/mol. The van der Waals surface area contributed by atoms with Gasteiger partial charge in [0, 0.05) is 12.1 Å². The normalized spacial score (nSPS) is 16.1. The van der Waals surface area contributed by atoms with Crippen molar-refractivity contribution in [3.8, 4) is 0 Å². The van der Waals surface area contributed by atoms with E-state index in [9.17, 15) is 24.5 Å². The minimum absolute atomic E-state index is 0.123. The predicted octanol–water partition coefficient (Wildman–Crippen LogP) is 0.413. The van der Waals surface area contributed by atoms with Crippen LogP contribution in [0.15, 0.2) is 34.5 Å². The lowest BCUT2D eigenvalue weighted by Crippen LogP contribution is -2.57. The highest BCUT2D eigenvalue weighted by molar-refractivity contribution is 6.18. The summed E-state index contributed by atoms with van der Waals surface area (Å²) in [5.41, 5.74) is 0.107. The molecule has 4 amide bonds. The third kappa shape index (κ3) is 2.80. The minimum atomic E-state index is -1.47. The predicted molar refractivity (Wildman–Crippen MR) is 63.1 cm³/mol. The number of nitrogens with zero attached hydrogens (tertiary/aromatic N) is 3. The molecule has 2 rings (SSSR count). The second kappa shape index (κ2) is 5.22. The highest BCUT2D eigenvalue weighted by Crippen LogP contribution is 2.18. The zero-order chi connectivity index (χ0) is 14.7. The fourth-order valence-electron chi connectivity index (χ4n) is 1.38. The van der Waals surface area contributed by atoms with Crippen LogP contribution in [0, 0.1) is 10.1 Å². The molecule has 102 valence electrons. The van der Waals surface area contributed by atoms with Gasteiger partial charge in [0.1, 0.15) is 0 Å². The van der Waals surface area contributed by atoms with Crippen molar-refractivity contribution < 1.29 is 19.3 Å². The van der Waals surface area contributed by atoms with Crippen LogP contribution in [0.1, 0.15) is 0 Å². The Morgan fingerprint density at radius 2 is 1.60 bits per heavy atom. The largest absolute Gasteiger partial charge is 0.328 e. The summed E-state index contributed by atoms with van der Waals surface area (Å²) >= 11 is 0. The van der Waals surface area contributed by atoms with E-state index in [0.717, 1.165) is 0 Å². The Morgan fingerprint density at radius 1 is 1.05 bits per heavy atom. The van der Waals surface area contributed by atoms with Crippen LogP contribution in [0.4, 0.5) is 16.2 Å². The summed E-state index contributed by atoms with van der Waals surface area (Å²) in [6.07, 6.45) is 0. The van der Waals surface area contributed by atoms with Crippen LogP contribution in [0.3, 0.4) is 0 Å². The van der Waals surface area contributed by atoms with Crippen molar-refractivity contribution in [2.24, 2.45) is 10.2 Å². The van der Waals surface area contributed by atoms with E-state index >= 15 is 0 Å². The first kappa shape index (κ1) is 13.3. The fraction of sp³-hybridized carbons (Fsp3) is 0.100. The number of barbiturate groups is 1. The second-order valence-electron chi connectivity index (χ2n) is 3.70. The molecule has 2 N–H and O–H groups in total. The SMILES string of the molecule is O=C1NC(=O)C(N=Nc2ccc([N+](=O)[O-])cc2)C(=O)N1. The molecule has 0 radical (unpaired) electrons. The van der Waals surface area contributed by atoms with Crippen molar-refractivity contribution in [1.82, 2.24) is 10.6 Å².